The molecule has 0 amide bonds. The SMILES string of the molecule is COc1ccc(Cl)c(NC(C)c2ccc(Cl)cc2)c1. The number of benzene rings is 2. The normalized spacial score (nSPS) is 12.0. The lowest BCUT2D eigenvalue weighted by molar-refractivity contribution is 0.415. The molecule has 0 aliphatic carbocycles. The summed E-state index contributed by atoms with van der Waals surface area (Å²) >= 11 is 12.1. The van der Waals surface area contributed by atoms with E-state index in [1.54, 1.807) is 7.11 Å². The van der Waals surface area contributed by atoms with Crippen molar-refractivity contribution < 1.29 is 4.74 Å². The van der Waals surface area contributed by atoms with Gasteiger partial charge in [-0.25, -0.2) is 0 Å². The Morgan fingerprint density at radius 3 is 2.37 bits per heavy atom. The summed E-state index contributed by atoms with van der Waals surface area (Å²) < 4.78 is 5.20. The van der Waals surface area contributed by atoms with Crippen LogP contribution < -0.4 is 10.1 Å². The Balaban J connectivity index is 2.18. The van der Waals surface area contributed by atoms with Crippen LogP contribution in [-0.4, -0.2) is 7.11 Å². The van der Waals surface area contributed by atoms with Gasteiger partial charge in [-0.2, -0.15) is 0 Å². The molecule has 100 valence electrons. The molecule has 0 bridgehead atoms. The molecule has 0 saturated carbocycles. The topological polar surface area (TPSA) is 21.3 Å². The zero-order valence-electron chi connectivity index (χ0n) is 10.8. The van der Waals surface area contributed by atoms with Gasteiger partial charge < -0.3 is 10.1 Å². The smallest absolute Gasteiger partial charge is 0.121 e. The molecule has 1 unspecified atom stereocenters. The predicted molar refractivity (Wildman–Crippen MR) is 81.5 cm³/mol. The summed E-state index contributed by atoms with van der Waals surface area (Å²) in [6, 6.07) is 13.4. The first-order chi connectivity index (χ1) is 9.10. The van der Waals surface area contributed by atoms with Gasteiger partial charge in [-0.3, -0.25) is 0 Å². The van der Waals surface area contributed by atoms with E-state index in [1.807, 2.05) is 42.5 Å². The molecule has 0 spiro atoms. The third kappa shape index (κ3) is 3.55. The number of halogens is 2. The summed E-state index contributed by atoms with van der Waals surface area (Å²) in [6.07, 6.45) is 0. The Hall–Kier alpha value is -1.38. The molecule has 2 nitrogen and oxygen atoms in total. The van der Waals surface area contributed by atoms with E-state index in [2.05, 4.69) is 12.2 Å². The third-order valence-corrected chi connectivity index (χ3v) is 3.50. The molecule has 0 fully saturated rings. The lowest BCUT2D eigenvalue weighted by Crippen LogP contribution is -2.07. The first-order valence-corrected chi connectivity index (χ1v) is 6.71. The minimum Gasteiger partial charge on any atom is -0.497 e. The average Bonchev–Trinajstić information content (AvgIpc) is 2.42. The summed E-state index contributed by atoms with van der Waals surface area (Å²) in [5.41, 5.74) is 1.99. The van der Waals surface area contributed by atoms with Crippen molar-refractivity contribution in [3.8, 4) is 5.75 Å². The maximum absolute atomic E-state index is 6.17. The van der Waals surface area contributed by atoms with Gasteiger partial charge in [0.1, 0.15) is 5.75 Å². The van der Waals surface area contributed by atoms with Crippen molar-refractivity contribution in [3.05, 3.63) is 58.1 Å². The highest BCUT2D eigenvalue weighted by Gasteiger charge is 2.08. The van der Waals surface area contributed by atoms with Crippen LogP contribution in [0.3, 0.4) is 0 Å². The van der Waals surface area contributed by atoms with E-state index in [0.29, 0.717) is 5.02 Å². The van der Waals surface area contributed by atoms with Crippen LogP contribution in [0.1, 0.15) is 18.5 Å². The van der Waals surface area contributed by atoms with Crippen molar-refractivity contribution in [3.63, 3.8) is 0 Å². The van der Waals surface area contributed by atoms with Crippen LogP contribution in [0.25, 0.3) is 0 Å². The number of hydrogen-bond donors (Lipinski definition) is 1. The predicted octanol–water partition coefficient (Wildman–Crippen LogP) is 5.18. The fourth-order valence-electron chi connectivity index (χ4n) is 1.81. The van der Waals surface area contributed by atoms with Gasteiger partial charge in [0.05, 0.1) is 17.8 Å². The fourth-order valence-corrected chi connectivity index (χ4v) is 2.11. The average molecular weight is 296 g/mol. The van der Waals surface area contributed by atoms with E-state index >= 15 is 0 Å². The molecule has 0 aliphatic rings. The van der Waals surface area contributed by atoms with E-state index in [0.717, 1.165) is 22.0 Å². The van der Waals surface area contributed by atoms with Crippen LogP contribution in [0.15, 0.2) is 42.5 Å². The molecule has 2 aromatic rings. The standard InChI is InChI=1S/C15H15Cl2NO/c1-10(11-3-5-12(16)6-4-11)18-15-9-13(19-2)7-8-14(15)17/h3-10,18H,1-2H3. The van der Waals surface area contributed by atoms with Crippen molar-refractivity contribution in [2.75, 3.05) is 12.4 Å². The van der Waals surface area contributed by atoms with E-state index < -0.39 is 0 Å². The first kappa shape index (κ1) is 14.0. The number of rotatable bonds is 4. The monoisotopic (exact) mass is 295 g/mol. The number of hydrogen-bond acceptors (Lipinski definition) is 2. The van der Waals surface area contributed by atoms with Gasteiger partial charge in [0.25, 0.3) is 0 Å². The lowest BCUT2D eigenvalue weighted by Gasteiger charge is -2.17. The van der Waals surface area contributed by atoms with Crippen LogP contribution in [0, 0.1) is 0 Å². The molecule has 1 N–H and O–H groups in total. The molecule has 0 heterocycles. The highest BCUT2D eigenvalue weighted by molar-refractivity contribution is 6.33. The molecule has 1 atom stereocenters. The van der Waals surface area contributed by atoms with Crippen molar-refractivity contribution in [1.82, 2.24) is 0 Å². The molecule has 0 aliphatic heterocycles. The van der Waals surface area contributed by atoms with Gasteiger partial charge >= 0.3 is 0 Å². The summed E-state index contributed by atoms with van der Waals surface area (Å²) in [5, 5.41) is 4.77. The van der Waals surface area contributed by atoms with Crippen LogP contribution >= 0.6 is 23.2 Å². The van der Waals surface area contributed by atoms with Gasteiger partial charge in [-0.1, -0.05) is 35.3 Å². The zero-order chi connectivity index (χ0) is 13.8. The van der Waals surface area contributed by atoms with Crippen LogP contribution in [0.2, 0.25) is 10.0 Å². The fraction of sp³-hybridized carbons (Fsp3) is 0.200. The first-order valence-electron chi connectivity index (χ1n) is 5.95. The second kappa shape index (κ2) is 6.18. The second-order valence-electron chi connectivity index (χ2n) is 4.26. The third-order valence-electron chi connectivity index (χ3n) is 2.92. The van der Waals surface area contributed by atoms with Gasteiger partial charge in [-0.15, -0.1) is 0 Å². The molecular weight excluding hydrogens is 281 g/mol. The van der Waals surface area contributed by atoms with E-state index in [4.69, 9.17) is 27.9 Å². The van der Waals surface area contributed by atoms with Crippen LogP contribution in [0.5, 0.6) is 5.75 Å². The number of methoxy groups -OCH3 is 1. The maximum Gasteiger partial charge on any atom is 0.121 e. The van der Waals surface area contributed by atoms with E-state index in [1.165, 1.54) is 0 Å². The largest absolute Gasteiger partial charge is 0.497 e. The lowest BCUT2D eigenvalue weighted by atomic mass is 10.1. The second-order valence-corrected chi connectivity index (χ2v) is 5.11. The molecule has 2 aromatic carbocycles. The molecule has 4 heteroatoms. The minimum atomic E-state index is 0.127. The van der Waals surface area contributed by atoms with Crippen molar-refractivity contribution in [2.45, 2.75) is 13.0 Å². The van der Waals surface area contributed by atoms with Gasteiger partial charge in [0.2, 0.25) is 0 Å². The Morgan fingerprint density at radius 2 is 1.74 bits per heavy atom. The molecule has 19 heavy (non-hydrogen) atoms. The molecular formula is C15H15Cl2NO. The summed E-state index contributed by atoms with van der Waals surface area (Å²) in [5.74, 6) is 0.773. The molecule has 2 rings (SSSR count). The summed E-state index contributed by atoms with van der Waals surface area (Å²) in [6.45, 7) is 2.07. The Labute approximate surface area is 123 Å². The molecule has 0 aromatic heterocycles. The van der Waals surface area contributed by atoms with Crippen molar-refractivity contribution in [2.24, 2.45) is 0 Å². The summed E-state index contributed by atoms with van der Waals surface area (Å²) in [7, 11) is 1.63. The van der Waals surface area contributed by atoms with Gasteiger partial charge in [-0.05, 0) is 36.8 Å². The molecule has 0 radical (unpaired) electrons. The van der Waals surface area contributed by atoms with Crippen LogP contribution in [-0.2, 0) is 0 Å². The number of ether oxygens (including phenoxy) is 1. The minimum absolute atomic E-state index is 0.127. The quantitative estimate of drug-likeness (QED) is 0.839. The van der Waals surface area contributed by atoms with Crippen LogP contribution in [0.4, 0.5) is 5.69 Å². The van der Waals surface area contributed by atoms with E-state index in [-0.39, 0.29) is 6.04 Å². The highest BCUT2D eigenvalue weighted by atomic mass is 35.5. The maximum atomic E-state index is 6.17. The van der Waals surface area contributed by atoms with E-state index in [9.17, 15) is 0 Å². The Kier molecular flexibility index (Phi) is 4.56. The Bertz CT molecular complexity index is 555. The summed E-state index contributed by atoms with van der Waals surface area (Å²) in [4.78, 5) is 0. The zero-order valence-corrected chi connectivity index (χ0v) is 12.3. The van der Waals surface area contributed by atoms with Gasteiger partial charge in [0, 0.05) is 17.1 Å². The highest BCUT2D eigenvalue weighted by Crippen LogP contribution is 2.30. The number of nitrogens with one attached hydrogen (secondary N) is 1. The number of anilines is 1. The van der Waals surface area contributed by atoms with Gasteiger partial charge in [0.15, 0.2) is 0 Å². The molecule has 0 saturated heterocycles. The Morgan fingerprint density at radius 1 is 1.05 bits per heavy atom. The van der Waals surface area contributed by atoms with Crippen molar-refractivity contribution >= 4 is 28.9 Å². The van der Waals surface area contributed by atoms with Crippen molar-refractivity contribution in [1.29, 1.82) is 0 Å².